The Morgan fingerprint density at radius 1 is 0.293 bits per heavy atom. The highest BCUT2D eigenvalue weighted by molar-refractivity contribution is 5.97. The van der Waals surface area contributed by atoms with E-state index in [0.717, 1.165) is 17.1 Å². The number of hydrogen-bond donors (Lipinski definition) is 0. The van der Waals surface area contributed by atoms with E-state index < -0.39 is 0 Å². The molecule has 194 valence electrons. The van der Waals surface area contributed by atoms with Gasteiger partial charge in [0.2, 0.25) is 0 Å². The summed E-state index contributed by atoms with van der Waals surface area (Å²) in [6.07, 6.45) is 0. The SMILES string of the molecule is c1ccc(-c2cccc(-c3ccc(N(c4ccccc4)c4ccc(-c5cccc6ccccc56)cc4)cc3)c2)cc1. The number of fused-ring (bicyclic) bond motifs is 1. The van der Waals surface area contributed by atoms with Crippen LogP contribution in [0.1, 0.15) is 0 Å². The third kappa shape index (κ3) is 5.02. The van der Waals surface area contributed by atoms with Gasteiger partial charge in [-0.25, -0.2) is 0 Å². The van der Waals surface area contributed by atoms with Crippen molar-refractivity contribution in [2.24, 2.45) is 0 Å². The first-order chi connectivity index (χ1) is 20.3. The zero-order chi connectivity index (χ0) is 27.4. The Morgan fingerprint density at radius 2 is 0.756 bits per heavy atom. The van der Waals surface area contributed by atoms with Gasteiger partial charge in [0.15, 0.2) is 0 Å². The third-order valence-electron chi connectivity index (χ3n) is 7.67. The van der Waals surface area contributed by atoms with E-state index in [1.165, 1.54) is 44.2 Å². The van der Waals surface area contributed by atoms with Crippen molar-refractivity contribution < 1.29 is 0 Å². The summed E-state index contributed by atoms with van der Waals surface area (Å²) in [5, 5.41) is 2.53. The number of hydrogen-bond acceptors (Lipinski definition) is 1. The molecule has 0 aromatic heterocycles. The van der Waals surface area contributed by atoms with Gasteiger partial charge in [-0.2, -0.15) is 0 Å². The Morgan fingerprint density at radius 3 is 1.44 bits per heavy atom. The van der Waals surface area contributed by atoms with Crippen LogP contribution in [-0.4, -0.2) is 0 Å². The Bertz CT molecular complexity index is 1900. The molecule has 0 heterocycles. The molecule has 0 aliphatic rings. The average Bonchev–Trinajstić information content (AvgIpc) is 3.06. The minimum atomic E-state index is 1.12. The van der Waals surface area contributed by atoms with Crippen molar-refractivity contribution in [3.8, 4) is 33.4 Å². The van der Waals surface area contributed by atoms with Crippen LogP contribution < -0.4 is 4.90 Å². The molecular formula is C40H29N. The van der Waals surface area contributed by atoms with Crippen molar-refractivity contribution in [3.05, 3.63) is 176 Å². The first kappa shape index (κ1) is 24.6. The van der Waals surface area contributed by atoms with Crippen molar-refractivity contribution in [1.82, 2.24) is 0 Å². The zero-order valence-electron chi connectivity index (χ0n) is 22.7. The van der Waals surface area contributed by atoms with Crippen LogP contribution in [0.25, 0.3) is 44.2 Å². The largest absolute Gasteiger partial charge is 0.311 e. The Kier molecular flexibility index (Phi) is 6.61. The van der Waals surface area contributed by atoms with Gasteiger partial charge in [-0.15, -0.1) is 0 Å². The summed E-state index contributed by atoms with van der Waals surface area (Å²) in [4.78, 5) is 2.32. The van der Waals surface area contributed by atoms with Gasteiger partial charge in [0.25, 0.3) is 0 Å². The van der Waals surface area contributed by atoms with Gasteiger partial charge in [0.1, 0.15) is 0 Å². The first-order valence-electron chi connectivity index (χ1n) is 14.0. The summed E-state index contributed by atoms with van der Waals surface area (Å²) in [6, 6.07) is 62.8. The van der Waals surface area contributed by atoms with Crippen molar-refractivity contribution in [3.63, 3.8) is 0 Å². The van der Waals surface area contributed by atoms with E-state index in [1.54, 1.807) is 0 Å². The van der Waals surface area contributed by atoms with Gasteiger partial charge in [-0.05, 0) is 86.6 Å². The highest BCUT2D eigenvalue weighted by Crippen LogP contribution is 2.37. The van der Waals surface area contributed by atoms with Crippen molar-refractivity contribution in [1.29, 1.82) is 0 Å². The van der Waals surface area contributed by atoms with Crippen molar-refractivity contribution in [2.45, 2.75) is 0 Å². The topological polar surface area (TPSA) is 3.24 Å². The molecule has 0 N–H and O–H groups in total. The van der Waals surface area contributed by atoms with E-state index in [2.05, 4.69) is 181 Å². The molecule has 0 aliphatic heterocycles. The summed E-state index contributed by atoms with van der Waals surface area (Å²) >= 11 is 0. The molecule has 0 unspecified atom stereocenters. The van der Waals surface area contributed by atoms with Gasteiger partial charge in [-0.1, -0.05) is 133 Å². The van der Waals surface area contributed by atoms with Crippen molar-refractivity contribution >= 4 is 27.8 Å². The lowest BCUT2D eigenvalue weighted by atomic mass is 9.98. The molecule has 0 saturated carbocycles. The predicted octanol–water partition coefficient (Wildman–Crippen LogP) is 11.3. The molecule has 1 heteroatoms. The smallest absolute Gasteiger partial charge is 0.0462 e. The normalized spacial score (nSPS) is 10.9. The molecule has 0 bridgehead atoms. The quantitative estimate of drug-likeness (QED) is 0.209. The van der Waals surface area contributed by atoms with Crippen molar-refractivity contribution in [2.75, 3.05) is 4.90 Å². The van der Waals surface area contributed by atoms with E-state index >= 15 is 0 Å². The zero-order valence-corrected chi connectivity index (χ0v) is 22.7. The van der Waals surface area contributed by atoms with E-state index in [4.69, 9.17) is 0 Å². The maximum absolute atomic E-state index is 2.32. The van der Waals surface area contributed by atoms with Crippen LogP contribution in [0.4, 0.5) is 17.1 Å². The first-order valence-corrected chi connectivity index (χ1v) is 14.0. The maximum atomic E-state index is 2.32. The molecule has 41 heavy (non-hydrogen) atoms. The summed E-state index contributed by atoms with van der Waals surface area (Å²) in [7, 11) is 0. The summed E-state index contributed by atoms with van der Waals surface area (Å²) in [6.45, 7) is 0. The number of benzene rings is 7. The van der Waals surface area contributed by atoms with Crippen LogP contribution in [-0.2, 0) is 0 Å². The maximum Gasteiger partial charge on any atom is 0.0462 e. The van der Waals surface area contributed by atoms with Crippen LogP contribution >= 0.6 is 0 Å². The summed E-state index contributed by atoms with van der Waals surface area (Å²) in [5.74, 6) is 0. The van der Waals surface area contributed by atoms with Gasteiger partial charge in [0.05, 0.1) is 0 Å². The van der Waals surface area contributed by atoms with Crippen LogP contribution in [0.15, 0.2) is 176 Å². The standard InChI is InChI=1S/C40H29N/c1-3-11-30(12-4-1)34-15-9-16-35(29-34)31-21-25-37(26-22-31)41(36-17-5-2-6-18-36)38-27-23-33(24-28-38)40-20-10-14-32-13-7-8-19-39(32)40/h1-29H. The average molecular weight is 524 g/mol. The number of rotatable bonds is 6. The molecule has 0 aliphatic carbocycles. The Balaban J connectivity index is 1.24. The Hall–Kier alpha value is -5.40. The minimum absolute atomic E-state index is 1.12. The molecule has 7 rings (SSSR count). The molecule has 0 amide bonds. The second kappa shape index (κ2) is 11.0. The fourth-order valence-electron chi connectivity index (χ4n) is 5.60. The highest BCUT2D eigenvalue weighted by atomic mass is 15.1. The Labute approximate surface area is 241 Å². The molecular weight excluding hydrogens is 494 g/mol. The van der Waals surface area contributed by atoms with E-state index in [-0.39, 0.29) is 0 Å². The van der Waals surface area contributed by atoms with Crippen LogP contribution in [0.3, 0.4) is 0 Å². The predicted molar refractivity (Wildman–Crippen MR) is 175 cm³/mol. The number of para-hydroxylation sites is 1. The summed E-state index contributed by atoms with van der Waals surface area (Å²) in [5.41, 5.74) is 10.7. The lowest BCUT2D eigenvalue weighted by Crippen LogP contribution is -2.09. The lowest BCUT2D eigenvalue weighted by molar-refractivity contribution is 1.28. The summed E-state index contributed by atoms with van der Waals surface area (Å²) < 4.78 is 0. The lowest BCUT2D eigenvalue weighted by Gasteiger charge is -2.26. The monoisotopic (exact) mass is 523 g/mol. The van der Waals surface area contributed by atoms with Crippen LogP contribution in [0.5, 0.6) is 0 Å². The molecule has 0 atom stereocenters. The molecule has 7 aromatic carbocycles. The van der Waals surface area contributed by atoms with Crippen LogP contribution in [0, 0.1) is 0 Å². The van der Waals surface area contributed by atoms with E-state index in [9.17, 15) is 0 Å². The molecule has 1 nitrogen and oxygen atoms in total. The minimum Gasteiger partial charge on any atom is -0.311 e. The van der Waals surface area contributed by atoms with Crippen LogP contribution in [0.2, 0.25) is 0 Å². The molecule has 0 fully saturated rings. The van der Waals surface area contributed by atoms with E-state index in [1.807, 2.05) is 0 Å². The number of anilines is 3. The van der Waals surface area contributed by atoms with Gasteiger partial charge >= 0.3 is 0 Å². The number of nitrogens with zero attached hydrogens (tertiary/aromatic N) is 1. The highest BCUT2D eigenvalue weighted by Gasteiger charge is 2.13. The van der Waals surface area contributed by atoms with E-state index in [0.29, 0.717) is 0 Å². The van der Waals surface area contributed by atoms with Gasteiger partial charge < -0.3 is 4.90 Å². The second-order valence-electron chi connectivity index (χ2n) is 10.2. The van der Waals surface area contributed by atoms with Gasteiger partial charge in [-0.3, -0.25) is 0 Å². The fraction of sp³-hybridized carbons (Fsp3) is 0. The fourth-order valence-corrected chi connectivity index (χ4v) is 5.60. The van der Waals surface area contributed by atoms with Gasteiger partial charge in [0, 0.05) is 17.1 Å². The second-order valence-corrected chi connectivity index (χ2v) is 10.2. The molecule has 7 aromatic rings. The molecule has 0 saturated heterocycles. The molecule has 0 spiro atoms. The third-order valence-corrected chi connectivity index (χ3v) is 7.67. The molecule has 0 radical (unpaired) electrons.